The number of benzene rings is 1. The summed E-state index contributed by atoms with van der Waals surface area (Å²) < 4.78 is 5.51. The third-order valence-electron chi connectivity index (χ3n) is 2.53. The molecule has 2 unspecified atom stereocenters. The molecular weight excluding hydrogens is 233 g/mol. The lowest BCUT2D eigenvalue weighted by Crippen LogP contribution is -2.05. The Bertz CT molecular complexity index is 414. The maximum absolute atomic E-state index is 8.93. The predicted octanol–water partition coefficient (Wildman–Crippen LogP) is 3.59. The topological polar surface area (TPSA) is 33.0 Å². The van der Waals surface area contributed by atoms with E-state index >= 15 is 0 Å². The number of nitrogens with zero attached hydrogens (tertiary/aromatic N) is 1. The van der Waals surface area contributed by atoms with Gasteiger partial charge in [0.05, 0.1) is 28.1 Å². The number of hydrogen-bond donors (Lipinski definition) is 0. The molecule has 0 spiro atoms. The van der Waals surface area contributed by atoms with E-state index in [0.29, 0.717) is 16.7 Å². The van der Waals surface area contributed by atoms with Crippen molar-refractivity contribution in [3.05, 3.63) is 33.8 Å². The SMILES string of the molecule is N#CC1CCOC1c1ccc(Cl)c(Cl)c1. The van der Waals surface area contributed by atoms with Crippen LogP contribution in [0.15, 0.2) is 18.2 Å². The minimum absolute atomic E-state index is 0.0813. The molecule has 1 aromatic rings. The van der Waals surface area contributed by atoms with Crippen LogP contribution in [-0.4, -0.2) is 6.61 Å². The van der Waals surface area contributed by atoms with Gasteiger partial charge in [0.25, 0.3) is 0 Å². The van der Waals surface area contributed by atoms with Crippen molar-refractivity contribution in [1.82, 2.24) is 0 Å². The molecule has 0 aromatic heterocycles. The first-order valence-electron chi connectivity index (χ1n) is 4.68. The normalized spacial score (nSPS) is 25.1. The van der Waals surface area contributed by atoms with Crippen molar-refractivity contribution >= 4 is 23.2 Å². The van der Waals surface area contributed by atoms with Gasteiger partial charge in [0, 0.05) is 6.61 Å². The zero-order chi connectivity index (χ0) is 10.8. The van der Waals surface area contributed by atoms with Crippen LogP contribution in [0, 0.1) is 17.2 Å². The fourth-order valence-electron chi connectivity index (χ4n) is 1.74. The van der Waals surface area contributed by atoms with E-state index in [1.165, 1.54) is 0 Å². The predicted molar refractivity (Wildman–Crippen MR) is 58.9 cm³/mol. The fourth-order valence-corrected chi connectivity index (χ4v) is 2.05. The average molecular weight is 242 g/mol. The molecule has 4 heteroatoms. The van der Waals surface area contributed by atoms with Crippen molar-refractivity contribution in [3.63, 3.8) is 0 Å². The van der Waals surface area contributed by atoms with E-state index in [1.807, 2.05) is 6.07 Å². The molecule has 1 heterocycles. The first-order chi connectivity index (χ1) is 7.22. The minimum atomic E-state index is -0.162. The molecule has 1 saturated heterocycles. The van der Waals surface area contributed by atoms with Crippen molar-refractivity contribution in [2.45, 2.75) is 12.5 Å². The summed E-state index contributed by atoms with van der Waals surface area (Å²) in [5.74, 6) is -0.0813. The quantitative estimate of drug-likeness (QED) is 0.753. The number of nitriles is 1. The van der Waals surface area contributed by atoms with Crippen LogP contribution < -0.4 is 0 Å². The lowest BCUT2D eigenvalue weighted by atomic mass is 9.97. The molecule has 15 heavy (non-hydrogen) atoms. The lowest BCUT2D eigenvalue weighted by Gasteiger charge is -2.13. The van der Waals surface area contributed by atoms with Crippen LogP contribution in [0.25, 0.3) is 0 Å². The Labute approximate surface area is 98.4 Å². The number of halogens is 2. The van der Waals surface area contributed by atoms with Gasteiger partial charge >= 0.3 is 0 Å². The molecule has 0 N–H and O–H groups in total. The molecule has 1 aliphatic heterocycles. The first-order valence-corrected chi connectivity index (χ1v) is 5.44. The Morgan fingerprint density at radius 3 is 2.80 bits per heavy atom. The van der Waals surface area contributed by atoms with Gasteiger partial charge < -0.3 is 4.74 Å². The fraction of sp³-hybridized carbons (Fsp3) is 0.364. The second-order valence-electron chi connectivity index (χ2n) is 3.49. The maximum atomic E-state index is 8.93. The summed E-state index contributed by atoms with van der Waals surface area (Å²) in [6, 6.07) is 7.60. The summed E-state index contributed by atoms with van der Waals surface area (Å²) in [5.41, 5.74) is 0.924. The highest BCUT2D eigenvalue weighted by Gasteiger charge is 2.29. The van der Waals surface area contributed by atoms with Crippen LogP contribution in [0.2, 0.25) is 10.0 Å². The summed E-state index contributed by atoms with van der Waals surface area (Å²) in [5, 5.41) is 9.95. The van der Waals surface area contributed by atoms with Crippen LogP contribution in [0.5, 0.6) is 0 Å². The molecule has 2 rings (SSSR count). The van der Waals surface area contributed by atoms with E-state index in [-0.39, 0.29) is 12.0 Å². The maximum Gasteiger partial charge on any atom is 0.0984 e. The molecule has 78 valence electrons. The van der Waals surface area contributed by atoms with E-state index in [2.05, 4.69) is 6.07 Å². The number of rotatable bonds is 1. The van der Waals surface area contributed by atoms with Gasteiger partial charge in [-0.15, -0.1) is 0 Å². The molecule has 1 fully saturated rings. The highest BCUT2D eigenvalue weighted by atomic mass is 35.5. The largest absolute Gasteiger partial charge is 0.372 e. The first kappa shape index (κ1) is 10.8. The van der Waals surface area contributed by atoms with Crippen LogP contribution in [-0.2, 0) is 4.74 Å². The Kier molecular flexibility index (Phi) is 3.16. The molecule has 1 aliphatic rings. The molecule has 1 aromatic carbocycles. The van der Waals surface area contributed by atoms with Gasteiger partial charge in [0.1, 0.15) is 0 Å². The van der Waals surface area contributed by atoms with Gasteiger partial charge in [-0.1, -0.05) is 29.3 Å². The Balaban J connectivity index is 2.30. The molecule has 2 atom stereocenters. The second-order valence-corrected chi connectivity index (χ2v) is 4.30. The van der Waals surface area contributed by atoms with Gasteiger partial charge in [-0.25, -0.2) is 0 Å². The van der Waals surface area contributed by atoms with E-state index in [0.717, 1.165) is 12.0 Å². The second kappa shape index (κ2) is 4.40. The molecule has 0 saturated carbocycles. The van der Waals surface area contributed by atoms with Crippen LogP contribution in [0.1, 0.15) is 18.1 Å². The summed E-state index contributed by atoms with van der Waals surface area (Å²) in [4.78, 5) is 0. The Morgan fingerprint density at radius 1 is 1.33 bits per heavy atom. The zero-order valence-electron chi connectivity index (χ0n) is 7.91. The summed E-state index contributed by atoms with van der Waals surface area (Å²) in [7, 11) is 0. The number of hydrogen-bond acceptors (Lipinski definition) is 2. The van der Waals surface area contributed by atoms with Crippen molar-refractivity contribution in [2.24, 2.45) is 5.92 Å². The minimum Gasteiger partial charge on any atom is -0.372 e. The van der Waals surface area contributed by atoms with Crippen molar-refractivity contribution in [2.75, 3.05) is 6.61 Å². The molecule has 0 radical (unpaired) electrons. The van der Waals surface area contributed by atoms with Gasteiger partial charge in [0.2, 0.25) is 0 Å². The third-order valence-corrected chi connectivity index (χ3v) is 3.27. The van der Waals surface area contributed by atoms with E-state index in [1.54, 1.807) is 12.1 Å². The van der Waals surface area contributed by atoms with Crippen molar-refractivity contribution in [3.8, 4) is 6.07 Å². The lowest BCUT2D eigenvalue weighted by molar-refractivity contribution is 0.101. The van der Waals surface area contributed by atoms with Crippen LogP contribution in [0.3, 0.4) is 0 Å². The van der Waals surface area contributed by atoms with Gasteiger partial charge in [0.15, 0.2) is 0 Å². The van der Waals surface area contributed by atoms with E-state index in [4.69, 9.17) is 33.2 Å². The van der Waals surface area contributed by atoms with E-state index in [9.17, 15) is 0 Å². The summed E-state index contributed by atoms with van der Waals surface area (Å²) in [6.07, 6.45) is 0.617. The monoisotopic (exact) mass is 241 g/mol. The smallest absolute Gasteiger partial charge is 0.0984 e. The van der Waals surface area contributed by atoms with Crippen molar-refractivity contribution in [1.29, 1.82) is 5.26 Å². The van der Waals surface area contributed by atoms with Crippen LogP contribution in [0.4, 0.5) is 0 Å². The summed E-state index contributed by atoms with van der Waals surface area (Å²) >= 11 is 11.7. The van der Waals surface area contributed by atoms with Gasteiger partial charge in [-0.3, -0.25) is 0 Å². The third kappa shape index (κ3) is 2.10. The van der Waals surface area contributed by atoms with E-state index < -0.39 is 0 Å². The molecule has 0 bridgehead atoms. The molecule has 2 nitrogen and oxygen atoms in total. The highest BCUT2D eigenvalue weighted by molar-refractivity contribution is 6.42. The molecular formula is C11H9Cl2NO. The summed E-state index contributed by atoms with van der Waals surface area (Å²) in [6.45, 7) is 0.628. The van der Waals surface area contributed by atoms with Gasteiger partial charge in [-0.05, 0) is 24.1 Å². The molecule has 0 amide bonds. The standard InChI is InChI=1S/C11H9Cl2NO/c12-9-2-1-7(5-10(9)13)11-8(6-14)3-4-15-11/h1-2,5,8,11H,3-4H2. The van der Waals surface area contributed by atoms with Gasteiger partial charge in [-0.2, -0.15) is 5.26 Å². The van der Waals surface area contributed by atoms with Crippen LogP contribution >= 0.6 is 23.2 Å². The zero-order valence-corrected chi connectivity index (χ0v) is 9.42. The Morgan fingerprint density at radius 2 is 2.13 bits per heavy atom. The molecule has 0 aliphatic carbocycles. The average Bonchev–Trinajstić information content (AvgIpc) is 2.70. The van der Waals surface area contributed by atoms with Crippen molar-refractivity contribution < 1.29 is 4.74 Å². The number of ether oxygens (including phenoxy) is 1. The highest BCUT2D eigenvalue weighted by Crippen LogP contribution is 2.36. The Hall–Kier alpha value is -0.750.